The van der Waals surface area contributed by atoms with E-state index >= 15 is 0 Å². The van der Waals surface area contributed by atoms with Gasteiger partial charge in [-0.3, -0.25) is 43.4 Å². The Kier molecular flexibility index (Phi) is 12.4. The van der Waals surface area contributed by atoms with Gasteiger partial charge in [0.2, 0.25) is 5.95 Å². The number of nitrogen functional groups attached to an aromatic ring is 1. The average molecular weight is 931 g/mol. The van der Waals surface area contributed by atoms with Crippen molar-refractivity contribution in [1.29, 1.82) is 0 Å². The number of hydrogen-bond donors (Lipinski definition) is 8. The largest absolute Gasteiger partial charge is 0.394 e. The molecule has 67 heavy (non-hydrogen) atoms. The summed E-state index contributed by atoms with van der Waals surface area (Å²) >= 11 is 0. The summed E-state index contributed by atoms with van der Waals surface area (Å²) in [6, 6.07) is -1.11. The van der Waals surface area contributed by atoms with Gasteiger partial charge in [-0.15, -0.1) is 10.2 Å². The van der Waals surface area contributed by atoms with E-state index in [4.69, 9.17) is 19.9 Å². The van der Waals surface area contributed by atoms with Gasteiger partial charge in [0.05, 0.1) is 68.3 Å². The molecule has 9 atom stereocenters. The topological polar surface area (TPSA) is 373 Å². The first-order chi connectivity index (χ1) is 32.2. The summed E-state index contributed by atoms with van der Waals surface area (Å²) in [6.07, 6.45) is 0.628. The Labute approximate surface area is 375 Å². The zero-order chi connectivity index (χ0) is 47.3. The molecule has 9 N–H and O–H groups in total. The summed E-state index contributed by atoms with van der Waals surface area (Å²) in [7, 11) is 0. The van der Waals surface area contributed by atoms with Crippen LogP contribution in [0, 0.1) is 25.7 Å². The van der Waals surface area contributed by atoms with E-state index in [1.165, 1.54) is 35.6 Å². The third-order valence-corrected chi connectivity index (χ3v) is 12.0. The normalized spacial score (nSPS) is 25.1. The van der Waals surface area contributed by atoms with Gasteiger partial charge in [0.25, 0.3) is 16.7 Å². The molecule has 0 bridgehead atoms. The molecular formula is C39H46N16O12. The number of aryl methyl sites for hydroxylation is 2. The molecule has 0 spiro atoms. The van der Waals surface area contributed by atoms with Crippen molar-refractivity contribution in [1.82, 2.24) is 73.7 Å². The molecule has 6 aromatic rings. The predicted molar refractivity (Wildman–Crippen MR) is 227 cm³/mol. The Morgan fingerprint density at radius 3 is 1.76 bits per heavy atom. The van der Waals surface area contributed by atoms with Gasteiger partial charge in [-0.05, 0) is 19.8 Å². The molecule has 3 saturated heterocycles. The molecular weight excluding hydrogens is 885 g/mol. The van der Waals surface area contributed by atoms with Crippen molar-refractivity contribution in [2.24, 2.45) is 0 Å². The number of nitrogens with zero attached hydrogens (tertiary/aromatic N) is 12. The number of fused-ring (bicyclic) bond motifs is 1. The highest BCUT2D eigenvalue weighted by molar-refractivity contribution is 5.81. The van der Waals surface area contributed by atoms with Crippen LogP contribution in [0.5, 0.6) is 0 Å². The van der Waals surface area contributed by atoms with E-state index < -0.39 is 103 Å². The Morgan fingerprint density at radius 2 is 1.25 bits per heavy atom. The lowest BCUT2D eigenvalue weighted by molar-refractivity contribution is -0.0470. The minimum absolute atomic E-state index is 0.0182. The monoisotopic (exact) mass is 930 g/mol. The number of ether oxygens (including phenoxy) is 3. The number of rotatable bonds is 13. The number of aliphatic hydroxyl groups is 4. The van der Waals surface area contributed by atoms with Gasteiger partial charge in [0, 0.05) is 55.9 Å². The molecule has 28 nitrogen and oxygen atoms in total. The molecule has 0 aliphatic carbocycles. The van der Waals surface area contributed by atoms with Crippen molar-refractivity contribution in [3.63, 3.8) is 0 Å². The maximum absolute atomic E-state index is 13.2. The quantitative estimate of drug-likeness (QED) is 0.0511. The molecule has 3 fully saturated rings. The lowest BCUT2D eigenvalue weighted by atomic mass is 10.1. The lowest BCUT2D eigenvalue weighted by Crippen LogP contribution is -2.33. The Hall–Kier alpha value is -6.97. The molecule has 9 rings (SSSR count). The summed E-state index contributed by atoms with van der Waals surface area (Å²) in [5, 5.41) is 62.6. The molecule has 3 aliphatic heterocycles. The number of aliphatic hydroxyl groups excluding tert-OH is 4. The number of hydrogen-bond acceptors (Lipinski definition) is 20. The van der Waals surface area contributed by atoms with Crippen LogP contribution in [-0.4, -0.2) is 145 Å². The molecule has 0 radical (unpaired) electrons. The molecule has 0 aromatic carbocycles. The minimum atomic E-state index is -1.00. The molecule has 28 heteroatoms. The first kappa shape index (κ1) is 45.2. The van der Waals surface area contributed by atoms with Gasteiger partial charge in [-0.2, -0.15) is 10.1 Å². The fraction of sp³-hybridized carbons (Fsp3) is 0.513. The van der Waals surface area contributed by atoms with Crippen LogP contribution in [0.15, 0.2) is 48.8 Å². The van der Waals surface area contributed by atoms with E-state index in [2.05, 4.69) is 57.5 Å². The van der Waals surface area contributed by atoms with Crippen molar-refractivity contribution in [3.05, 3.63) is 105 Å². The lowest BCUT2D eigenvalue weighted by Gasteiger charge is -2.17. The van der Waals surface area contributed by atoms with Crippen LogP contribution >= 0.6 is 0 Å². The van der Waals surface area contributed by atoms with Crippen LogP contribution in [0.4, 0.5) is 5.95 Å². The van der Waals surface area contributed by atoms with Crippen molar-refractivity contribution in [2.75, 3.05) is 32.1 Å². The SMILES string of the molecule is Cc1cn([C@H]2C[C@H](n3cc(CN(CC#Cc4nn([C@H]5C[C@H](O)[C@@H](CO)O5)c5nc(N)[nH]c(=O)c45)Cc4cn([C@H]5C[C@H](n6cc(C)c(=O)[nH]c6=O)O[C@@H]5CO)nn4)nn3)[C@@H](CO)O2)c(=O)[nH]c1=O. The number of aromatic nitrogens is 14. The molecule has 354 valence electrons. The highest BCUT2D eigenvalue weighted by Gasteiger charge is 2.40. The maximum Gasteiger partial charge on any atom is 0.330 e. The van der Waals surface area contributed by atoms with Gasteiger partial charge < -0.3 is 40.4 Å². The summed E-state index contributed by atoms with van der Waals surface area (Å²) in [5.74, 6) is 5.84. The van der Waals surface area contributed by atoms with Crippen LogP contribution in [0.3, 0.4) is 0 Å². The van der Waals surface area contributed by atoms with E-state index in [0.717, 1.165) is 0 Å². The first-order valence-electron chi connectivity index (χ1n) is 21.1. The van der Waals surface area contributed by atoms with E-state index in [-0.39, 0.29) is 61.6 Å². The summed E-state index contributed by atoms with van der Waals surface area (Å²) in [4.78, 5) is 75.7. The maximum atomic E-state index is 13.2. The van der Waals surface area contributed by atoms with Crippen LogP contribution in [-0.2, 0) is 27.3 Å². The van der Waals surface area contributed by atoms with Gasteiger partial charge >= 0.3 is 11.4 Å². The van der Waals surface area contributed by atoms with Gasteiger partial charge in [0.15, 0.2) is 17.6 Å². The van der Waals surface area contributed by atoms with E-state index in [1.807, 2.05) is 4.90 Å². The average Bonchev–Trinajstić information content (AvgIpc) is 4.16. The predicted octanol–water partition coefficient (Wildman–Crippen LogP) is -4.06. The van der Waals surface area contributed by atoms with Crippen molar-refractivity contribution < 1.29 is 34.6 Å². The summed E-state index contributed by atoms with van der Waals surface area (Å²) in [5.41, 5.74) is 4.54. The van der Waals surface area contributed by atoms with Crippen molar-refractivity contribution in [2.45, 2.75) is 101 Å². The smallest absolute Gasteiger partial charge is 0.330 e. The fourth-order valence-corrected chi connectivity index (χ4v) is 8.59. The zero-order valence-corrected chi connectivity index (χ0v) is 35.9. The molecule has 0 unspecified atom stereocenters. The van der Waals surface area contributed by atoms with Crippen LogP contribution in [0.2, 0.25) is 0 Å². The third-order valence-electron chi connectivity index (χ3n) is 12.0. The highest BCUT2D eigenvalue weighted by atomic mass is 16.5. The second-order valence-electron chi connectivity index (χ2n) is 16.6. The van der Waals surface area contributed by atoms with Gasteiger partial charge in [0.1, 0.15) is 36.2 Å². The van der Waals surface area contributed by atoms with Crippen molar-refractivity contribution in [3.8, 4) is 11.8 Å². The summed E-state index contributed by atoms with van der Waals surface area (Å²) < 4.78 is 24.8. The minimum Gasteiger partial charge on any atom is -0.394 e. The van der Waals surface area contributed by atoms with Crippen LogP contribution in [0.1, 0.15) is 78.2 Å². The van der Waals surface area contributed by atoms with Crippen molar-refractivity contribution >= 4 is 17.0 Å². The zero-order valence-electron chi connectivity index (χ0n) is 35.9. The van der Waals surface area contributed by atoms with E-state index in [1.54, 1.807) is 26.2 Å². The Morgan fingerprint density at radius 1 is 0.731 bits per heavy atom. The standard InChI is InChI=1S/C39H46N16O12/c1-18-9-51(38(63)43-34(18)60)29-6-23(26(15-56)65-29)53-13-20(45-48-53)11-50(5-3-4-22-32-33(41-37(40)42-36(32)62)55(47-22)31-8-25(59)28(17-58)67-31)12-21-14-54(49-46-21)24-7-30(66-27(24)16-57)52-10-19(2)35(61)44-39(52)64/h9-10,13-14,23-31,56-59H,5-8,11-12,15-17H2,1-2H3,(H,43,60,63)(H,44,61,64)(H3,40,41,42,62)/t23-,24-,25-,26+,27+,28+,29+,30+,31+/m0/s1. The summed E-state index contributed by atoms with van der Waals surface area (Å²) in [6.45, 7) is 2.13. The van der Waals surface area contributed by atoms with Gasteiger partial charge in [-0.1, -0.05) is 16.3 Å². The second-order valence-corrected chi connectivity index (χ2v) is 16.6. The molecule has 3 aliphatic rings. The van der Waals surface area contributed by atoms with E-state index in [0.29, 0.717) is 22.5 Å². The second kappa shape index (κ2) is 18.4. The molecule has 9 heterocycles. The number of nitrogens with one attached hydrogen (secondary N) is 3. The fourth-order valence-electron chi connectivity index (χ4n) is 8.59. The number of anilines is 1. The number of H-pyrrole nitrogens is 3. The van der Waals surface area contributed by atoms with E-state index in [9.17, 15) is 44.4 Å². The molecule has 0 amide bonds. The Bertz CT molecular complexity index is 3030. The Balaban J connectivity index is 0.995. The van der Waals surface area contributed by atoms with Crippen LogP contribution in [0.25, 0.3) is 11.0 Å². The number of aromatic amines is 3. The third kappa shape index (κ3) is 8.88. The molecule has 0 saturated carbocycles. The highest BCUT2D eigenvalue weighted by Crippen LogP contribution is 2.37. The molecule has 6 aromatic heterocycles. The van der Waals surface area contributed by atoms with Crippen LogP contribution < -0.4 is 33.8 Å². The number of nitrogens with two attached hydrogens (primary N) is 1. The van der Waals surface area contributed by atoms with Gasteiger partial charge in [-0.25, -0.2) is 23.6 Å². The first-order valence-corrected chi connectivity index (χ1v) is 21.1.